The number of urea groups is 1. The molecule has 2 aromatic rings. The van der Waals surface area contributed by atoms with Gasteiger partial charge in [0.25, 0.3) is 0 Å². The Balaban J connectivity index is 1.24. The number of hydrogen-bond acceptors (Lipinski definition) is 4. The van der Waals surface area contributed by atoms with Crippen LogP contribution in [0.1, 0.15) is 56.6 Å². The van der Waals surface area contributed by atoms with E-state index in [1.54, 1.807) is 6.92 Å². The van der Waals surface area contributed by atoms with Crippen LogP contribution in [0.15, 0.2) is 42.5 Å². The molecule has 7 nitrogen and oxygen atoms in total. The predicted molar refractivity (Wildman–Crippen MR) is 149 cm³/mol. The number of nitriles is 1. The van der Waals surface area contributed by atoms with Gasteiger partial charge in [-0.2, -0.15) is 5.26 Å². The number of anilines is 1. The minimum Gasteiger partial charge on any atom is -0.352 e. The molecule has 1 saturated heterocycles. The summed E-state index contributed by atoms with van der Waals surface area (Å²) in [6.45, 7) is 4.77. The molecule has 2 N–H and O–H groups in total. The number of likely N-dealkylation sites (tertiary alicyclic amines) is 1. The van der Waals surface area contributed by atoms with Crippen LogP contribution in [-0.4, -0.2) is 60.0 Å². The van der Waals surface area contributed by atoms with Gasteiger partial charge in [0, 0.05) is 44.3 Å². The van der Waals surface area contributed by atoms with Crippen LogP contribution in [0.5, 0.6) is 0 Å². The first-order valence-corrected chi connectivity index (χ1v) is 14.2. The summed E-state index contributed by atoms with van der Waals surface area (Å²) >= 11 is 5.95. The average molecular weight is 552 g/mol. The summed E-state index contributed by atoms with van der Waals surface area (Å²) in [5.41, 5.74) is 2.52. The van der Waals surface area contributed by atoms with Crippen LogP contribution in [-0.2, 0) is 10.2 Å². The smallest absolute Gasteiger partial charge is 0.322 e. The second-order valence-corrected chi connectivity index (χ2v) is 11.7. The van der Waals surface area contributed by atoms with Gasteiger partial charge in [0.15, 0.2) is 0 Å². The fourth-order valence-corrected chi connectivity index (χ4v) is 6.85. The third-order valence-electron chi connectivity index (χ3n) is 8.70. The Kier molecular flexibility index (Phi) is 8.11. The summed E-state index contributed by atoms with van der Waals surface area (Å²) in [6, 6.07) is 14.5. The normalized spacial score (nSPS) is 25.8. The maximum atomic E-state index is 13.7. The molecule has 3 amide bonds. The van der Waals surface area contributed by atoms with Crippen molar-refractivity contribution in [2.45, 2.75) is 62.9 Å². The lowest BCUT2D eigenvalue weighted by atomic mass is 9.80. The van der Waals surface area contributed by atoms with E-state index in [2.05, 4.69) is 27.7 Å². The van der Waals surface area contributed by atoms with Gasteiger partial charge in [-0.25, -0.2) is 9.18 Å². The van der Waals surface area contributed by atoms with Crippen molar-refractivity contribution in [2.75, 3.05) is 31.5 Å². The van der Waals surface area contributed by atoms with E-state index in [0.717, 1.165) is 58.2 Å². The lowest BCUT2D eigenvalue weighted by molar-refractivity contribution is -0.119. The SMILES string of the molecule is CC(=O)NC1CCN(CCCN(C(=O)Nc2ccc(F)c(Cl)c2)[C@@H]2CC[C@]3(c4cccc(C#N)c4)CC3C2)C1. The molecule has 0 radical (unpaired) electrons. The number of nitrogens with zero attached hydrogens (tertiary/aromatic N) is 3. The molecule has 3 aliphatic rings. The molecule has 39 heavy (non-hydrogen) atoms. The summed E-state index contributed by atoms with van der Waals surface area (Å²) in [5.74, 6) is -0.0383. The van der Waals surface area contributed by atoms with Gasteiger partial charge in [0.05, 0.1) is 16.7 Å². The minimum atomic E-state index is -0.521. The van der Waals surface area contributed by atoms with Crippen LogP contribution in [0, 0.1) is 23.1 Å². The zero-order valence-electron chi connectivity index (χ0n) is 22.3. The van der Waals surface area contributed by atoms with Crippen LogP contribution in [0.2, 0.25) is 5.02 Å². The van der Waals surface area contributed by atoms with Crippen molar-refractivity contribution < 1.29 is 14.0 Å². The molecule has 0 bridgehead atoms. The van der Waals surface area contributed by atoms with Crippen LogP contribution in [0.25, 0.3) is 0 Å². The average Bonchev–Trinajstić information content (AvgIpc) is 3.51. The van der Waals surface area contributed by atoms with Gasteiger partial charge in [0.1, 0.15) is 5.82 Å². The van der Waals surface area contributed by atoms with Gasteiger partial charge < -0.3 is 20.4 Å². The Labute approximate surface area is 234 Å². The molecule has 3 fully saturated rings. The Morgan fingerprint density at radius 1 is 1.26 bits per heavy atom. The summed E-state index contributed by atoms with van der Waals surface area (Å²) in [6.07, 6.45) is 5.63. The maximum absolute atomic E-state index is 13.7. The first-order chi connectivity index (χ1) is 18.8. The lowest BCUT2D eigenvalue weighted by Gasteiger charge is -2.37. The molecular weight excluding hydrogens is 517 g/mol. The highest BCUT2D eigenvalue weighted by atomic mass is 35.5. The Bertz CT molecular complexity index is 1280. The van der Waals surface area contributed by atoms with E-state index >= 15 is 0 Å². The Hall–Kier alpha value is -3.15. The molecule has 1 aliphatic heterocycles. The van der Waals surface area contributed by atoms with Gasteiger partial charge in [-0.3, -0.25) is 4.79 Å². The van der Waals surface area contributed by atoms with Crippen LogP contribution in [0.4, 0.5) is 14.9 Å². The topological polar surface area (TPSA) is 88.5 Å². The van der Waals surface area contributed by atoms with Crippen LogP contribution < -0.4 is 10.6 Å². The summed E-state index contributed by atoms with van der Waals surface area (Å²) in [7, 11) is 0. The van der Waals surface area contributed by atoms with Gasteiger partial charge in [-0.1, -0.05) is 23.7 Å². The zero-order valence-corrected chi connectivity index (χ0v) is 23.0. The first-order valence-electron chi connectivity index (χ1n) is 13.8. The van der Waals surface area contributed by atoms with Crippen molar-refractivity contribution in [2.24, 2.45) is 5.92 Å². The van der Waals surface area contributed by atoms with Gasteiger partial charge in [-0.05, 0) is 92.3 Å². The van der Waals surface area contributed by atoms with Crippen molar-refractivity contribution in [3.63, 3.8) is 0 Å². The quantitative estimate of drug-likeness (QED) is 0.466. The monoisotopic (exact) mass is 551 g/mol. The van der Waals surface area contributed by atoms with Crippen LogP contribution in [0.3, 0.4) is 0 Å². The molecule has 9 heteroatoms. The highest BCUT2D eigenvalue weighted by molar-refractivity contribution is 6.31. The fraction of sp³-hybridized carbons (Fsp3) is 0.500. The van der Waals surface area contributed by atoms with E-state index in [1.807, 2.05) is 23.1 Å². The van der Waals surface area contributed by atoms with E-state index in [9.17, 15) is 19.2 Å². The molecule has 5 rings (SSSR count). The number of halogens is 2. The van der Waals surface area contributed by atoms with E-state index in [0.29, 0.717) is 23.7 Å². The minimum absolute atomic E-state index is 0.00149. The number of nitrogens with one attached hydrogen (secondary N) is 2. The van der Waals surface area contributed by atoms with Crippen molar-refractivity contribution in [3.05, 3.63) is 64.4 Å². The van der Waals surface area contributed by atoms with Crippen molar-refractivity contribution in [3.8, 4) is 6.07 Å². The maximum Gasteiger partial charge on any atom is 0.322 e. The summed E-state index contributed by atoms with van der Waals surface area (Å²) < 4.78 is 13.7. The second kappa shape index (κ2) is 11.5. The molecule has 2 unspecified atom stereocenters. The van der Waals surface area contributed by atoms with Gasteiger partial charge in [0.2, 0.25) is 5.91 Å². The number of rotatable bonds is 8. The van der Waals surface area contributed by atoms with Crippen LogP contribution >= 0.6 is 11.6 Å². The third kappa shape index (κ3) is 6.21. The van der Waals surface area contributed by atoms with Gasteiger partial charge in [-0.15, -0.1) is 0 Å². The van der Waals surface area contributed by atoms with E-state index in [1.165, 1.54) is 23.8 Å². The van der Waals surface area contributed by atoms with Crippen molar-refractivity contribution >= 4 is 29.2 Å². The third-order valence-corrected chi connectivity index (χ3v) is 8.99. The van der Waals surface area contributed by atoms with Crippen molar-refractivity contribution in [1.29, 1.82) is 5.26 Å². The van der Waals surface area contributed by atoms with E-state index in [4.69, 9.17) is 11.6 Å². The number of carbonyl (C=O) groups is 2. The fourth-order valence-electron chi connectivity index (χ4n) is 6.67. The highest BCUT2D eigenvalue weighted by Gasteiger charge is 2.58. The predicted octanol–water partition coefficient (Wildman–Crippen LogP) is 5.30. The number of carbonyl (C=O) groups excluding carboxylic acids is 2. The number of benzene rings is 2. The molecule has 1 heterocycles. The molecule has 0 aromatic heterocycles. The van der Waals surface area contributed by atoms with E-state index in [-0.39, 0.29) is 34.5 Å². The summed E-state index contributed by atoms with van der Waals surface area (Å²) in [4.78, 5) is 29.2. The number of hydrogen-bond donors (Lipinski definition) is 2. The molecular formula is C30H35ClFN5O2. The van der Waals surface area contributed by atoms with Crippen molar-refractivity contribution in [1.82, 2.24) is 15.1 Å². The Morgan fingerprint density at radius 2 is 2.10 bits per heavy atom. The second-order valence-electron chi connectivity index (χ2n) is 11.3. The highest BCUT2D eigenvalue weighted by Crippen LogP contribution is 2.62. The van der Waals surface area contributed by atoms with E-state index < -0.39 is 5.82 Å². The molecule has 4 atom stereocenters. The number of amides is 3. The molecule has 2 aromatic carbocycles. The first kappa shape index (κ1) is 27.4. The molecule has 2 aliphatic carbocycles. The molecule has 2 saturated carbocycles. The lowest BCUT2D eigenvalue weighted by Crippen LogP contribution is -2.46. The standard InChI is InChI=1S/C30H35ClFN5O2/c1-20(38)34-25-9-13-36(19-25)11-3-12-37(29(39)35-24-6-7-28(32)27(31)16-24)26-8-10-30(17-23(30)15-26)22-5-2-4-21(14-22)18-33/h2,4-7,14,16,23,25-26H,3,8-13,15,17,19H2,1H3,(H,34,38)(H,35,39)/t23?,25?,26-,30-/m1/s1. The Morgan fingerprint density at radius 3 is 2.85 bits per heavy atom. The molecule has 0 spiro atoms. The number of fused-ring (bicyclic) bond motifs is 1. The zero-order chi connectivity index (χ0) is 27.6. The largest absolute Gasteiger partial charge is 0.352 e. The molecule has 206 valence electrons. The van der Waals surface area contributed by atoms with Gasteiger partial charge >= 0.3 is 6.03 Å². The summed E-state index contributed by atoms with van der Waals surface area (Å²) in [5, 5.41) is 15.3.